The van der Waals surface area contributed by atoms with Crippen LogP contribution in [-0.4, -0.2) is 31.5 Å². The van der Waals surface area contributed by atoms with Crippen LogP contribution in [0.3, 0.4) is 0 Å². The summed E-state index contributed by atoms with van der Waals surface area (Å²) in [5.41, 5.74) is 0. The van der Waals surface area contributed by atoms with E-state index >= 15 is 0 Å². The van der Waals surface area contributed by atoms with E-state index in [1.165, 1.54) is 0 Å². The third-order valence-corrected chi connectivity index (χ3v) is 3.27. The van der Waals surface area contributed by atoms with E-state index < -0.39 is 0 Å². The number of piperidine rings is 1. The first-order chi connectivity index (χ1) is 9.75. The standard InChI is InChI=1S/C15H20N2O3/c18-14-8-7-12(11-17-14)15(19)16-9-4-10-20-13-5-2-1-3-6-13/h1-3,5-6,12H,4,7-11H2,(H,16,19)(H,17,18). The van der Waals surface area contributed by atoms with Gasteiger partial charge in [0.15, 0.2) is 0 Å². The van der Waals surface area contributed by atoms with Gasteiger partial charge in [-0.25, -0.2) is 0 Å². The summed E-state index contributed by atoms with van der Waals surface area (Å²) in [4.78, 5) is 22.8. The second kappa shape index (κ2) is 7.53. The molecule has 1 heterocycles. The Kier molecular flexibility index (Phi) is 5.41. The zero-order valence-electron chi connectivity index (χ0n) is 11.4. The molecule has 1 fully saturated rings. The number of carbonyl (C=O) groups excluding carboxylic acids is 2. The van der Waals surface area contributed by atoms with Gasteiger partial charge in [-0.15, -0.1) is 0 Å². The molecular formula is C15H20N2O3. The number of rotatable bonds is 6. The first-order valence-electron chi connectivity index (χ1n) is 6.98. The van der Waals surface area contributed by atoms with Crippen molar-refractivity contribution in [3.05, 3.63) is 30.3 Å². The number of para-hydroxylation sites is 1. The van der Waals surface area contributed by atoms with Gasteiger partial charge in [-0.3, -0.25) is 9.59 Å². The Hall–Kier alpha value is -2.04. The molecule has 1 saturated heterocycles. The molecule has 1 aromatic rings. The molecule has 1 aromatic carbocycles. The van der Waals surface area contributed by atoms with E-state index in [9.17, 15) is 9.59 Å². The summed E-state index contributed by atoms with van der Waals surface area (Å²) in [7, 11) is 0. The highest BCUT2D eigenvalue weighted by molar-refractivity contribution is 5.83. The number of hydrogen-bond acceptors (Lipinski definition) is 3. The molecule has 2 amide bonds. The number of amides is 2. The van der Waals surface area contributed by atoms with Crippen molar-refractivity contribution in [2.75, 3.05) is 19.7 Å². The highest BCUT2D eigenvalue weighted by atomic mass is 16.5. The molecule has 0 bridgehead atoms. The molecule has 5 heteroatoms. The van der Waals surface area contributed by atoms with Crippen LogP contribution in [0.5, 0.6) is 5.75 Å². The summed E-state index contributed by atoms with van der Waals surface area (Å²) in [6.45, 7) is 1.62. The predicted octanol–water partition coefficient (Wildman–Crippen LogP) is 1.10. The van der Waals surface area contributed by atoms with Gasteiger partial charge in [0.1, 0.15) is 5.75 Å². The molecule has 0 spiro atoms. The monoisotopic (exact) mass is 276 g/mol. The lowest BCUT2D eigenvalue weighted by atomic mass is 9.98. The highest BCUT2D eigenvalue weighted by Crippen LogP contribution is 2.11. The molecule has 1 aliphatic rings. The molecule has 1 unspecified atom stereocenters. The molecular weight excluding hydrogens is 256 g/mol. The van der Waals surface area contributed by atoms with Gasteiger partial charge in [0.25, 0.3) is 0 Å². The van der Waals surface area contributed by atoms with E-state index in [1.807, 2.05) is 30.3 Å². The van der Waals surface area contributed by atoms with E-state index in [0.29, 0.717) is 32.5 Å². The minimum atomic E-state index is -0.0947. The van der Waals surface area contributed by atoms with Crippen LogP contribution in [0.2, 0.25) is 0 Å². The molecule has 0 radical (unpaired) electrons. The van der Waals surface area contributed by atoms with Crippen LogP contribution < -0.4 is 15.4 Å². The van der Waals surface area contributed by atoms with Gasteiger partial charge in [0, 0.05) is 19.5 Å². The molecule has 0 saturated carbocycles. The van der Waals surface area contributed by atoms with E-state index in [-0.39, 0.29) is 17.7 Å². The van der Waals surface area contributed by atoms with Crippen LogP contribution in [0.1, 0.15) is 19.3 Å². The summed E-state index contributed by atoms with van der Waals surface area (Å²) < 4.78 is 5.54. The van der Waals surface area contributed by atoms with Crippen molar-refractivity contribution in [2.45, 2.75) is 19.3 Å². The van der Waals surface area contributed by atoms with Crippen molar-refractivity contribution in [3.8, 4) is 5.75 Å². The minimum absolute atomic E-state index is 0.0183. The van der Waals surface area contributed by atoms with Crippen molar-refractivity contribution >= 4 is 11.8 Å². The predicted molar refractivity (Wildman–Crippen MR) is 75.3 cm³/mol. The fourth-order valence-corrected chi connectivity index (χ4v) is 2.09. The molecule has 5 nitrogen and oxygen atoms in total. The van der Waals surface area contributed by atoms with E-state index in [2.05, 4.69) is 10.6 Å². The normalized spacial score (nSPS) is 18.2. The third-order valence-electron chi connectivity index (χ3n) is 3.27. The van der Waals surface area contributed by atoms with Crippen LogP contribution >= 0.6 is 0 Å². The van der Waals surface area contributed by atoms with Crippen molar-refractivity contribution in [3.63, 3.8) is 0 Å². The minimum Gasteiger partial charge on any atom is -0.494 e. The Morgan fingerprint density at radius 1 is 1.35 bits per heavy atom. The first-order valence-corrected chi connectivity index (χ1v) is 6.98. The molecule has 1 atom stereocenters. The second-order valence-corrected chi connectivity index (χ2v) is 4.85. The van der Waals surface area contributed by atoms with E-state index in [4.69, 9.17) is 4.74 Å². The Morgan fingerprint density at radius 2 is 2.15 bits per heavy atom. The van der Waals surface area contributed by atoms with Gasteiger partial charge in [-0.05, 0) is 25.0 Å². The summed E-state index contributed by atoms with van der Waals surface area (Å²) in [6.07, 6.45) is 1.84. The van der Waals surface area contributed by atoms with Crippen molar-refractivity contribution < 1.29 is 14.3 Å². The van der Waals surface area contributed by atoms with E-state index in [0.717, 1.165) is 12.2 Å². The lowest BCUT2D eigenvalue weighted by molar-refractivity contribution is -0.128. The van der Waals surface area contributed by atoms with Gasteiger partial charge in [0.05, 0.1) is 12.5 Å². The third kappa shape index (κ3) is 4.57. The number of nitrogens with one attached hydrogen (secondary N) is 2. The number of benzene rings is 1. The fraction of sp³-hybridized carbons (Fsp3) is 0.467. The second-order valence-electron chi connectivity index (χ2n) is 4.85. The maximum atomic E-state index is 11.8. The Balaban J connectivity index is 1.57. The van der Waals surface area contributed by atoms with Gasteiger partial charge in [-0.2, -0.15) is 0 Å². The molecule has 0 aliphatic carbocycles. The van der Waals surface area contributed by atoms with Gasteiger partial charge in [0.2, 0.25) is 11.8 Å². The van der Waals surface area contributed by atoms with Crippen molar-refractivity contribution in [1.82, 2.24) is 10.6 Å². The van der Waals surface area contributed by atoms with Crippen molar-refractivity contribution in [1.29, 1.82) is 0 Å². The molecule has 0 aromatic heterocycles. The maximum Gasteiger partial charge on any atom is 0.224 e. The van der Waals surface area contributed by atoms with Crippen LogP contribution in [-0.2, 0) is 9.59 Å². The van der Waals surface area contributed by atoms with Crippen molar-refractivity contribution in [2.24, 2.45) is 5.92 Å². The lowest BCUT2D eigenvalue weighted by Crippen LogP contribution is -2.43. The van der Waals surface area contributed by atoms with Gasteiger partial charge >= 0.3 is 0 Å². The Morgan fingerprint density at radius 3 is 2.85 bits per heavy atom. The zero-order valence-corrected chi connectivity index (χ0v) is 11.4. The number of carbonyl (C=O) groups is 2. The largest absolute Gasteiger partial charge is 0.494 e. The number of ether oxygens (including phenoxy) is 1. The molecule has 20 heavy (non-hydrogen) atoms. The summed E-state index contributed by atoms with van der Waals surface area (Å²) in [5.74, 6) is 0.798. The smallest absolute Gasteiger partial charge is 0.224 e. The molecule has 2 rings (SSSR count). The van der Waals surface area contributed by atoms with Crippen LogP contribution in [0.4, 0.5) is 0 Å². The lowest BCUT2D eigenvalue weighted by Gasteiger charge is -2.21. The van der Waals surface area contributed by atoms with Crippen LogP contribution in [0, 0.1) is 5.92 Å². The zero-order chi connectivity index (χ0) is 14.2. The quantitative estimate of drug-likeness (QED) is 0.765. The SMILES string of the molecule is O=C1CCC(C(=O)NCCCOc2ccccc2)CN1. The molecule has 108 valence electrons. The van der Waals surface area contributed by atoms with Crippen LogP contribution in [0.15, 0.2) is 30.3 Å². The number of hydrogen-bond donors (Lipinski definition) is 2. The Labute approximate surface area is 118 Å². The van der Waals surface area contributed by atoms with Gasteiger partial charge < -0.3 is 15.4 Å². The van der Waals surface area contributed by atoms with Crippen LogP contribution in [0.25, 0.3) is 0 Å². The first kappa shape index (κ1) is 14.4. The summed E-state index contributed by atoms with van der Waals surface area (Å²) in [6, 6.07) is 9.60. The summed E-state index contributed by atoms with van der Waals surface area (Å²) >= 11 is 0. The molecule has 1 aliphatic heterocycles. The van der Waals surface area contributed by atoms with Gasteiger partial charge in [-0.1, -0.05) is 18.2 Å². The Bertz CT molecular complexity index is 438. The average Bonchev–Trinajstić information content (AvgIpc) is 2.48. The maximum absolute atomic E-state index is 11.8. The molecule has 2 N–H and O–H groups in total. The highest BCUT2D eigenvalue weighted by Gasteiger charge is 2.23. The average molecular weight is 276 g/mol. The topological polar surface area (TPSA) is 67.4 Å². The summed E-state index contributed by atoms with van der Waals surface area (Å²) in [5, 5.41) is 5.59. The van der Waals surface area contributed by atoms with E-state index in [1.54, 1.807) is 0 Å². The fourth-order valence-electron chi connectivity index (χ4n) is 2.09.